The minimum atomic E-state index is -0.00410. The van der Waals surface area contributed by atoms with E-state index in [9.17, 15) is 9.59 Å². The van der Waals surface area contributed by atoms with Gasteiger partial charge in [0, 0.05) is 12.3 Å². The van der Waals surface area contributed by atoms with E-state index in [1.807, 2.05) is 20.8 Å². The summed E-state index contributed by atoms with van der Waals surface area (Å²) in [5.74, 6) is 0.155. The van der Waals surface area contributed by atoms with Crippen LogP contribution < -0.4 is 29.6 Å². The standard InChI is InChI=1S/C10H18O2.Na.H/c1-4-5-6-9(11)7-10(12)8(2)3;;/h8H,4-7H2,1-3H3;;/q;+1;-1. The van der Waals surface area contributed by atoms with Crippen LogP contribution in [0, 0.1) is 5.92 Å². The Labute approximate surface area is 104 Å². The zero-order valence-electron chi connectivity index (χ0n) is 10.2. The molecule has 2 nitrogen and oxygen atoms in total. The molecule has 0 aromatic heterocycles. The molecule has 3 heteroatoms. The van der Waals surface area contributed by atoms with Gasteiger partial charge in [-0.2, -0.15) is 0 Å². The first-order chi connectivity index (χ1) is 5.57. The van der Waals surface area contributed by atoms with Gasteiger partial charge in [-0.15, -0.1) is 0 Å². The minimum absolute atomic E-state index is 0. The van der Waals surface area contributed by atoms with Gasteiger partial charge < -0.3 is 1.43 Å². The Morgan fingerprint density at radius 1 is 1.31 bits per heavy atom. The van der Waals surface area contributed by atoms with Gasteiger partial charge in [0.25, 0.3) is 0 Å². The third kappa shape index (κ3) is 8.66. The topological polar surface area (TPSA) is 34.1 Å². The molecule has 0 atom stereocenters. The predicted molar refractivity (Wildman–Crippen MR) is 50.1 cm³/mol. The average molecular weight is 194 g/mol. The van der Waals surface area contributed by atoms with Gasteiger partial charge in [0.05, 0.1) is 6.42 Å². The van der Waals surface area contributed by atoms with Crippen LogP contribution >= 0.6 is 0 Å². The van der Waals surface area contributed by atoms with E-state index >= 15 is 0 Å². The van der Waals surface area contributed by atoms with Gasteiger partial charge >= 0.3 is 29.6 Å². The van der Waals surface area contributed by atoms with Crippen molar-refractivity contribution in [1.29, 1.82) is 0 Å². The summed E-state index contributed by atoms with van der Waals surface area (Å²) in [5, 5.41) is 0. The van der Waals surface area contributed by atoms with Crippen LogP contribution in [0.25, 0.3) is 0 Å². The van der Waals surface area contributed by atoms with E-state index in [0.717, 1.165) is 12.8 Å². The first-order valence-electron chi connectivity index (χ1n) is 4.62. The molecule has 0 saturated carbocycles. The summed E-state index contributed by atoms with van der Waals surface area (Å²) >= 11 is 0. The summed E-state index contributed by atoms with van der Waals surface area (Å²) in [5.41, 5.74) is 0. The third-order valence-electron chi connectivity index (χ3n) is 1.82. The molecule has 0 aromatic carbocycles. The van der Waals surface area contributed by atoms with Crippen LogP contribution in [0.4, 0.5) is 0 Å². The Balaban J connectivity index is -0.000000605. The molecule has 13 heavy (non-hydrogen) atoms. The molecular formula is C10H19NaO2. The number of ketones is 2. The van der Waals surface area contributed by atoms with Gasteiger partial charge in [0.15, 0.2) is 0 Å². The molecule has 0 aliphatic heterocycles. The summed E-state index contributed by atoms with van der Waals surface area (Å²) in [7, 11) is 0. The van der Waals surface area contributed by atoms with E-state index in [2.05, 4.69) is 0 Å². The van der Waals surface area contributed by atoms with E-state index < -0.39 is 0 Å². The maximum absolute atomic E-state index is 11.1. The monoisotopic (exact) mass is 194 g/mol. The SMILES string of the molecule is CCCCC(=O)CC(=O)C(C)C.[H-].[Na+]. The Kier molecular flexibility index (Phi) is 10.8. The van der Waals surface area contributed by atoms with Crippen molar-refractivity contribution < 1.29 is 40.6 Å². The molecule has 0 bridgehead atoms. The molecule has 0 rings (SSSR count). The number of carbonyl (C=O) groups is 2. The Morgan fingerprint density at radius 3 is 2.23 bits per heavy atom. The normalized spacial score (nSPS) is 9.54. The molecule has 0 aliphatic carbocycles. The molecule has 0 saturated heterocycles. The molecule has 0 N–H and O–H groups in total. The zero-order valence-corrected chi connectivity index (χ0v) is 11.2. The van der Waals surface area contributed by atoms with E-state index in [4.69, 9.17) is 0 Å². The van der Waals surface area contributed by atoms with E-state index in [-0.39, 0.29) is 54.9 Å². The van der Waals surface area contributed by atoms with Crippen LogP contribution in [-0.4, -0.2) is 11.6 Å². The number of carbonyl (C=O) groups excluding carboxylic acids is 2. The number of Topliss-reactive ketones (excluding diaryl/α,β-unsaturated/α-hetero) is 2. The molecular weight excluding hydrogens is 175 g/mol. The van der Waals surface area contributed by atoms with Gasteiger partial charge in [-0.25, -0.2) is 0 Å². The van der Waals surface area contributed by atoms with Crippen LogP contribution in [0.3, 0.4) is 0 Å². The number of hydrogen-bond acceptors (Lipinski definition) is 2. The minimum Gasteiger partial charge on any atom is -1.00 e. The largest absolute Gasteiger partial charge is 1.00 e. The summed E-state index contributed by atoms with van der Waals surface area (Å²) in [6.07, 6.45) is 2.62. The predicted octanol–water partition coefficient (Wildman–Crippen LogP) is -0.523. The van der Waals surface area contributed by atoms with Crippen LogP contribution in [-0.2, 0) is 9.59 Å². The molecule has 0 fully saturated rings. The van der Waals surface area contributed by atoms with Crippen molar-refractivity contribution in [2.45, 2.75) is 46.5 Å². The second-order valence-electron chi connectivity index (χ2n) is 3.44. The average Bonchev–Trinajstić information content (AvgIpc) is 2.00. The van der Waals surface area contributed by atoms with Gasteiger partial charge in [-0.1, -0.05) is 27.2 Å². The van der Waals surface area contributed by atoms with Crippen LogP contribution in [0.2, 0.25) is 0 Å². The molecule has 0 spiro atoms. The number of unbranched alkanes of at least 4 members (excludes halogenated alkanes) is 1. The van der Waals surface area contributed by atoms with E-state index in [0.29, 0.717) is 6.42 Å². The molecule has 72 valence electrons. The van der Waals surface area contributed by atoms with Crippen molar-refractivity contribution in [3.8, 4) is 0 Å². The van der Waals surface area contributed by atoms with Crippen LogP contribution in [0.5, 0.6) is 0 Å². The van der Waals surface area contributed by atoms with E-state index in [1.54, 1.807) is 0 Å². The number of rotatable bonds is 6. The van der Waals surface area contributed by atoms with Crippen molar-refractivity contribution in [2.24, 2.45) is 5.92 Å². The van der Waals surface area contributed by atoms with E-state index in [1.165, 1.54) is 0 Å². The van der Waals surface area contributed by atoms with Gasteiger partial charge in [-0.3, -0.25) is 9.59 Å². The summed E-state index contributed by atoms with van der Waals surface area (Å²) in [6, 6.07) is 0. The van der Waals surface area contributed by atoms with Gasteiger partial charge in [-0.05, 0) is 6.42 Å². The fourth-order valence-electron chi connectivity index (χ4n) is 0.861. The molecule has 0 radical (unpaired) electrons. The van der Waals surface area contributed by atoms with Crippen molar-refractivity contribution in [1.82, 2.24) is 0 Å². The quantitative estimate of drug-likeness (QED) is 0.421. The van der Waals surface area contributed by atoms with Crippen molar-refractivity contribution >= 4 is 11.6 Å². The van der Waals surface area contributed by atoms with Crippen LogP contribution in [0.15, 0.2) is 0 Å². The molecule has 0 amide bonds. The fraction of sp³-hybridized carbons (Fsp3) is 0.800. The Hall–Kier alpha value is 0.340. The van der Waals surface area contributed by atoms with Crippen molar-refractivity contribution in [3.63, 3.8) is 0 Å². The molecule has 0 unspecified atom stereocenters. The molecule has 0 aliphatic rings. The Bertz CT molecular complexity index is 170. The smallest absolute Gasteiger partial charge is 1.00 e. The number of hydrogen-bond donors (Lipinski definition) is 0. The second-order valence-corrected chi connectivity index (χ2v) is 3.44. The summed E-state index contributed by atoms with van der Waals surface area (Å²) in [6.45, 7) is 5.70. The van der Waals surface area contributed by atoms with Gasteiger partial charge in [0.2, 0.25) is 0 Å². The second kappa shape index (κ2) is 8.92. The van der Waals surface area contributed by atoms with Crippen LogP contribution in [0.1, 0.15) is 47.9 Å². The maximum atomic E-state index is 11.1. The molecule has 0 aromatic rings. The van der Waals surface area contributed by atoms with Crippen molar-refractivity contribution in [2.75, 3.05) is 0 Å². The first-order valence-corrected chi connectivity index (χ1v) is 4.62. The van der Waals surface area contributed by atoms with Crippen molar-refractivity contribution in [3.05, 3.63) is 0 Å². The van der Waals surface area contributed by atoms with Gasteiger partial charge in [0.1, 0.15) is 11.6 Å². The first kappa shape index (κ1) is 15.8. The maximum Gasteiger partial charge on any atom is 1.00 e. The Morgan fingerprint density at radius 2 is 1.85 bits per heavy atom. The molecule has 0 heterocycles. The third-order valence-corrected chi connectivity index (χ3v) is 1.82. The fourth-order valence-corrected chi connectivity index (χ4v) is 0.861. The summed E-state index contributed by atoms with van der Waals surface area (Å²) < 4.78 is 0. The summed E-state index contributed by atoms with van der Waals surface area (Å²) in [4.78, 5) is 22.2. The zero-order chi connectivity index (χ0) is 9.56.